The molecule has 0 bridgehead atoms. The van der Waals surface area contributed by atoms with E-state index in [1.807, 2.05) is 37.3 Å². The molecule has 1 unspecified atom stereocenters. The lowest BCUT2D eigenvalue weighted by atomic mass is 10.2. The molecule has 1 aromatic carbocycles. The average Bonchev–Trinajstić information content (AvgIpc) is 3.54. The summed E-state index contributed by atoms with van der Waals surface area (Å²) in [6, 6.07) is 11.3. The Balaban J connectivity index is 1.35. The van der Waals surface area contributed by atoms with E-state index in [1.54, 1.807) is 24.6 Å². The van der Waals surface area contributed by atoms with Crippen LogP contribution in [-0.2, 0) is 11.2 Å². The van der Waals surface area contributed by atoms with Crippen molar-refractivity contribution in [1.29, 1.82) is 0 Å². The van der Waals surface area contributed by atoms with Crippen molar-refractivity contribution in [3.8, 4) is 11.3 Å². The molecule has 1 atom stereocenters. The zero-order valence-corrected chi connectivity index (χ0v) is 18.5. The lowest BCUT2D eigenvalue weighted by Gasteiger charge is -2.14. The highest BCUT2D eigenvalue weighted by molar-refractivity contribution is 7.14. The van der Waals surface area contributed by atoms with Gasteiger partial charge in [-0.15, -0.1) is 11.3 Å². The molecule has 9 heteroatoms. The van der Waals surface area contributed by atoms with E-state index in [4.69, 9.17) is 4.42 Å². The first kappa shape index (κ1) is 21.5. The molecule has 3 N–H and O–H groups in total. The number of amides is 2. The largest absolute Gasteiger partial charge is 0.469 e. The van der Waals surface area contributed by atoms with Crippen LogP contribution in [-0.4, -0.2) is 26.8 Å². The molecule has 4 aromatic rings. The number of anilines is 1. The van der Waals surface area contributed by atoms with Gasteiger partial charge in [0.25, 0.3) is 5.91 Å². The highest BCUT2D eigenvalue weighted by Crippen LogP contribution is 2.21. The first-order valence-electron chi connectivity index (χ1n) is 10.2. The summed E-state index contributed by atoms with van der Waals surface area (Å²) >= 11 is 1.27. The second-order valence-corrected chi connectivity index (χ2v) is 8.10. The first-order chi connectivity index (χ1) is 15.5. The SMILES string of the molecule is CCC(NC(=O)Cc1csc(NC(=O)c2ccoc2C)n1)c1ncc(-c2ccccc2)[nH]1. The van der Waals surface area contributed by atoms with Gasteiger partial charge in [-0.1, -0.05) is 37.3 Å². The van der Waals surface area contributed by atoms with Gasteiger partial charge in [0.05, 0.1) is 41.9 Å². The zero-order valence-electron chi connectivity index (χ0n) is 17.7. The fourth-order valence-corrected chi connectivity index (χ4v) is 3.99. The Bertz CT molecular complexity index is 1210. The summed E-state index contributed by atoms with van der Waals surface area (Å²) in [5, 5.41) is 7.94. The van der Waals surface area contributed by atoms with E-state index in [-0.39, 0.29) is 24.3 Å². The maximum atomic E-state index is 12.6. The van der Waals surface area contributed by atoms with Crippen LogP contribution >= 0.6 is 11.3 Å². The lowest BCUT2D eigenvalue weighted by Crippen LogP contribution is -2.30. The van der Waals surface area contributed by atoms with Crippen LogP contribution < -0.4 is 10.6 Å². The second-order valence-electron chi connectivity index (χ2n) is 7.24. The van der Waals surface area contributed by atoms with Gasteiger partial charge in [-0.3, -0.25) is 14.9 Å². The lowest BCUT2D eigenvalue weighted by molar-refractivity contribution is -0.121. The summed E-state index contributed by atoms with van der Waals surface area (Å²) in [5.74, 6) is 0.794. The molecule has 0 aliphatic rings. The molecule has 2 amide bonds. The van der Waals surface area contributed by atoms with Crippen LogP contribution in [0.4, 0.5) is 5.13 Å². The number of imidazole rings is 1. The number of aromatic nitrogens is 3. The quantitative estimate of drug-likeness (QED) is 0.367. The van der Waals surface area contributed by atoms with Gasteiger partial charge in [0.1, 0.15) is 11.6 Å². The van der Waals surface area contributed by atoms with Gasteiger partial charge in [-0.2, -0.15) is 0 Å². The number of hydrogen-bond donors (Lipinski definition) is 3. The van der Waals surface area contributed by atoms with Gasteiger partial charge >= 0.3 is 0 Å². The van der Waals surface area contributed by atoms with E-state index in [1.165, 1.54) is 17.6 Å². The van der Waals surface area contributed by atoms with Crippen molar-refractivity contribution in [3.63, 3.8) is 0 Å². The highest BCUT2D eigenvalue weighted by atomic mass is 32.1. The Morgan fingerprint density at radius 1 is 1.22 bits per heavy atom. The summed E-state index contributed by atoms with van der Waals surface area (Å²) in [7, 11) is 0. The Kier molecular flexibility index (Phi) is 6.46. The molecule has 32 heavy (non-hydrogen) atoms. The maximum absolute atomic E-state index is 12.6. The number of nitrogens with one attached hydrogen (secondary N) is 3. The van der Waals surface area contributed by atoms with Gasteiger partial charge in [-0.05, 0) is 25.0 Å². The predicted molar refractivity (Wildman–Crippen MR) is 122 cm³/mol. The molecule has 3 aromatic heterocycles. The minimum Gasteiger partial charge on any atom is -0.469 e. The van der Waals surface area contributed by atoms with Crippen molar-refractivity contribution in [2.24, 2.45) is 0 Å². The zero-order chi connectivity index (χ0) is 22.5. The maximum Gasteiger partial charge on any atom is 0.260 e. The first-order valence-corrected chi connectivity index (χ1v) is 11.1. The number of hydrogen-bond acceptors (Lipinski definition) is 6. The van der Waals surface area contributed by atoms with Gasteiger partial charge < -0.3 is 14.7 Å². The standard InChI is InChI=1S/C23H23N5O3S/c1-3-18(21-24-12-19(27-21)15-7-5-4-6-8-15)26-20(29)11-16-13-32-23(25-16)28-22(30)17-9-10-31-14(17)2/h4-10,12-13,18H,3,11H2,1-2H3,(H,24,27)(H,26,29)(H,25,28,30). The fourth-order valence-electron chi connectivity index (χ4n) is 3.28. The van der Waals surface area contributed by atoms with Gasteiger partial charge in [-0.25, -0.2) is 9.97 Å². The Hall–Kier alpha value is -3.72. The minimum atomic E-state index is -0.292. The molecule has 4 rings (SSSR count). The van der Waals surface area contributed by atoms with E-state index in [0.717, 1.165) is 11.3 Å². The third-order valence-corrected chi connectivity index (χ3v) is 5.78. The minimum absolute atomic E-state index is 0.111. The summed E-state index contributed by atoms with van der Waals surface area (Å²) in [5.41, 5.74) is 2.99. The summed E-state index contributed by atoms with van der Waals surface area (Å²) in [6.45, 7) is 3.71. The molecule has 8 nitrogen and oxygen atoms in total. The number of nitrogens with zero attached hydrogens (tertiary/aromatic N) is 2. The van der Waals surface area contributed by atoms with E-state index in [0.29, 0.717) is 34.4 Å². The molecular weight excluding hydrogens is 426 g/mol. The van der Waals surface area contributed by atoms with Gasteiger partial charge in [0.15, 0.2) is 5.13 Å². The number of aryl methyl sites for hydroxylation is 1. The van der Waals surface area contributed by atoms with E-state index in [2.05, 4.69) is 25.6 Å². The molecule has 0 aliphatic heterocycles. The Morgan fingerprint density at radius 2 is 2.03 bits per heavy atom. The van der Waals surface area contributed by atoms with Crippen LogP contribution in [0.1, 0.15) is 47.0 Å². The number of aromatic amines is 1. The number of furan rings is 1. The number of benzene rings is 1. The van der Waals surface area contributed by atoms with Crippen LogP contribution in [0.25, 0.3) is 11.3 Å². The van der Waals surface area contributed by atoms with Crippen molar-refractivity contribution in [2.75, 3.05) is 5.32 Å². The Labute approximate surface area is 189 Å². The van der Waals surface area contributed by atoms with Crippen LogP contribution in [0.2, 0.25) is 0 Å². The van der Waals surface area contributed by atoms with Crippen molar-refractivity contribution in [3.05, 3.63) is 77.1 Å². The van der Waals surface area contributed by atoms with Crippen molar-refractivity contribution < 1.29 is 14.0 Å². The van der Waals surface area contributed by atoms with Crippen molar-refractivity contribution in [1.82, 2.24) is 20.3 Å². The molecule has 0 aliphatic carbocycles. The average molecular weight is 450 g/mol. The van der Waals surface area contributed by atoms with E-state index in [9.17, 15) is 9.59 Å². The molecule has 0 saturated carbocycles. The van der Waals surface area contributed by atoms with E-state index >= 15 is 0 Å². The van der Waals surface area contributed by atoms with Crippen LogP contribution in [0.3, 0.4) is 0 Å². The highest BCUT2D eigenvalue weighted by Gasteiger charge is 2.18. The summed E-state index contributed by atoms with van der Waals surface area (Å²) in [6.07, 6.45) is 4.04. The molecule has 0 saturated heterocycles. The number of rotatable bonds is 8. The smallest absolute Gasteiger partial charge is 0.260 e. The second kappa shape index (κ2) is 9.61. The summed E-state index contributed by atoms with van der Waals surface area (Å²) < 4.78 is 5.15. The number of H-pyrrole nitrogens is 1. The summed E-state index contributed by atoms with van der Waals surface area (Å²) in [4.78, 5) is 37.0. The molecule has 0 spiro atoms. The van der Waals surface area contributed by atoms with E-state index < -0.39 is 0 Å². The fraction of sp³-hybridized carbons (Fsp3) is 0.217. The third kappa shape index (κ3) is 4.94. The van der Waals surface area contributed by atoms with Crippen LogP contribution in [0, 0.1) is 6.92 Å². The number of thiazole rings is 1. The van der Waals surface area contributed by atoms with Crippen LogP contribution in [0.15, 0.2) is 58.7 Å². The molecule has 164 valence electrons. The Morgan fingerprint density at radius 3 is 2.75 bits per heavy atom. The molecular formula is C23H23N5O3S. The topological polar surface area (TPSA) is 113 Å². The van der Waals surface area contributed by atoms with Gasteiger partial charge in [0.2, 0.25) is 5.91 Å². The van der Waals surface area contributed by atoms with Crippen molar-refractivity contribution in [2.45, 2.75) is 32.7 Å². The molecule has 0 fully saturated rings. The van der Waals surface area contributed by atoms with Crippen LogP contribution in [0.5, 0.6) is 0 Å². The third-order valence-electron chi connectivity index (χ3n) is 4.97. The van der Waals surface area contributed by atoms with Crippen molar-refractivity contribution >= 4 is 28.3 Å². The molecule has 3 heterocycles. The number of carbonyl (C=O) groups excluding carboxylic acids is 2. The number of carbonyl (C=O) groups is 2. The van der Waals surface area contributed by atoms with Gasteiger partial charge in [0, 0.05) is 5.38 Å². The predicted octanol–water partition coefficient (Wildman–Crippen LogP) is 4.50. The molecule has 0 radical (unpaired) electrons. The monoisotopic (exact) mass is 449 g/mol. The normalized spacial score (nSPS) is 11.8.